The number of nitrogens with zero attached hydrogens (tertiary/aromatic N) is 4. The van der Waals surface area contributed by atoms with Crippen LogP contribution in [0.3, 0.4) is 0 Å². The number of hydrogen-bond donors (Lipinski definition) is 1. The Bertz CT molecular complexity index is 816. The summed E-state index contributed by atoms with van der Waals surface area (Å²) in [5.41, 5.74) is 1.91. The Balaban J connectivity index is 1.69. The van der Waals surface area contributed by atoms with Crippen molar-refractivity contribution >= 4 is 33.4 Å². The number of hydrogen-bond acceptors (Lipinski definition) is 6. The number of carbonyl (C=O) groups is 1. The van der Waals surface area contributed by atoms with E-state index in [0.717, 1.165) is 15.8 Å². The number of esters is 1. The Morgan fingerprint density at radius 3 is 2.86 bits per heavy atom. The van der Waals surface area contributed by atoms with Crippen molar-refractivity contribution in [1.29, 1.82) is 0 Å². The highest BCUT2D eigenvalue weighted by molar-refractivity contribution is 9.10. The second-order valence-corrected chi connectivity index (χ2v) is 5.41. The number of carbonyl (C=O) groups excluding carboxylic acids is 1. The van der Waals surface area contributed by atoms with Gasteiger partial charge in [0.25, 0.3) is 0 Å². The highest BCUT2D eigenvalue weighted by Crippen LogP contribution is 2.13. The number of halogens is 1. The lowest BCUT2D eigenvalue weighted by Gasteiger charge is -2.03. The van der Waals surface area contributed by atoms with Crippen molar-refractivity contribution in [1.82, 2.24) is 19.6 Å². The van der Waals surface area contributed by atoms with Crippen molar-refractivity contribution in [2.45, 2.75) is 6.54 Å². The number of fused-ring (bicyclic) bond motifs is 1. The van der Waals surface area contributed by atoms with Gasteiger partial charge in [-0.25, -0.2) is 9.78 Å². The lowest BCUT2D eigenvalue weighted by molar-refractivity contribution is 0.0593. The third kappa shape index (κ3) is 3.06. The van der Waals surface area contributed by atoms with Crippen molar-refractivity contribution in [3.63, 3.8) is 0 Å². The van der Waals surface area contributed by atoms with Gasteiger partial charge in [0, 0.05) is 16.9 Å². The molecule has 0 amide bonds. The summed E-state index contributed by atoms with van der Waals surface area (Å²) >= 11 is 3.42. The fourth-order valence-electron chi connectivity index (χ4n) is 1.92. The Labute approximate surface area is 134 Å². The van der Waals surface area contributed by atoms with E-state index in [1.54, 1.807) is 12.1 Å². The molecule has 3 rings (SSSR count). The minimum absolute atomic E-state index is 0.172. The van der Waals surface area contributed by atoms with Crippen molar-refractivity contribution < 1.29 is 9.53 Å². The smallest absolute Gasteiger partial charge is 0.358 e. The molecule has 0 aliphatic rings. The summed E-state index contributed by atoms with van der Waals surface area (Å²) in [5.74, 6) is 0.0517. The summed E-state index contributed by atoms with van der Waals surface area (Å²) in [4.78, 5) is 15.8. The third-order valence-corrected chi connectivity index (χ3v) is 3.44. The zero-order chi connectivity index (χ0) is 15.5. The molecular weight excluding hydrogens is 350 g/mol. The SMILES string of the molecule is COC(=O)c1ccc(NCc2cn3cc(Br)ccc3n2)nn1. The predicted molar refractivity (Wildman–Crippen MR) is 83.6 cm³/mol. The van der Waals surface area contributed by atoms with E-state index in [0.29, 0.717) is 12.4 Å². The molecular formula is C14H12BrN5O2. The first-order chi connectivity index (χ1) is 10.7. The first kappa shape index (κ1) is 14.5. The van der Waals surface area contributed by atoms with Gasteiger partial charge in [-0.05, 0) is 40.2 Å². The number of rotatable bonds is 4. The lowest BCUT2D eigenvalue weighted by atomic mass is 10.4. The van der Waals surface area contributed by atoms with Gasteiger partial charge in [0.05, 0.1) is 19.3 Å². The predicted octanol–water partition coefficient (Wildman–Crippen LogP) is 2.29. The van der Waals surface area contributed by atoms with Crippen LogP contribution in [0.5, 0.6) is 0 Å². The maximum absolute atomic E-state index is 11.3. The average Bonchev–Trinajstić information content (AvgIpc) is 2.94. The largest absolute Gasteiger partial charge is 0.464 e. The molecule has 0 aliphatic heterocycles. The van der Waals surface area contributed by atoms with Crippen LogP contribution in [-0.4, -0.2) is 32.7 Å². The third-order valence-electron chi connectivity index (χ3n) is 2.97. The minimum Gasteiger partial charge on any atom is -0.464 e. The molecule has 1 N–H and O–H groups in total. The van der Waals surface area contributed by atoms with E-state index in [4.69, 9.17) is 0 Å². The average molecular weight is 362 g/mol. The van der Waals surface area contributed by atoms with Gasteiger partial charge in [-0.1, -0.05) is 0 Å². The molecule has 0 fully saturated rings. The van der Waals surface area contributed by atoms with Gasteiger partial charge in [0.2, 0.25) is 0 Å². The van der Waals surface area contributed by atoms with E-state index in [1.807, 2.05) is 28.9 Å². The summed E-state index contributed by atoms with van der Waals surface area (Å²) in [6.07, 6.45) is 3.88. The molecule has 22 heavy (non-hydrogen) atoms. The molecule has 0 radical (unpaired) electrons. The molecule has 112 valence electrons. The van der Waals surface area contributed by atoms with Gasteiger partial charge >= 0.3 is 5.97 Å². The van der Waals surface area contributed by atoms with Crippen LogP contribution in [0.4, 0.5) is 5.82 Å². The van der Waals surface area contributed by atoms with Crippen LogP contribution in [-0.2, 0) is 11.3 Å². The van der Waals surface area contributed by atoms with E-state index in [9.17, 15) is 4.79 Å². The van der Waals surface area contributed by atoms with Crippen molar-refractivity contribution in [3.8, 4) is 0 Å². The number of nitrogens with one attached hydrogen (secondary N) is 1. The number of methoxy groups -OCH3 is 1. The zero-order valence-corrected chi connectivity index (χ0v) is 13.2. The topological polar surface area (TPSA) is 81.4 Å². The first-order valence-electron chi connectivity index (χ1n) is 6.45. The van der Waals surface area contributed by atoms with E-state index in [2.05, 4.69) is 41.2 Å². The zero-order valence-electron chi connectivity index (χ0n) is 11.7. The second-order valence-electron chi connectivity index (χ2n) is 4.49. The van der Waals surface area contributed by atoms with Gasteiger partial charge in [-0.15, -0.1) is 10.2 Å². The van der Waals surface area contributed by atoms with Crippen LogP contribution in [0.25, 0.3) is 5.65 Å². The molecule has 0 spiro atoms. The maximum Gasteiger partial charge on any atom is 0.358 e. The minimum atomic E-state index is -0.509. The van der Waals surface area contributed by atoms with E-state index in [-0.39, 0.29) is 5.69 Å². The molecule has 7 nitrogen and oxygen atoms in total. The normalized spacial score (nSPS) is 10.6. The Hall–Kier alpha value is -2.48. The van der Waals surface area contributed by atoms with Crippen LogP contribution >= 0.6 is 15.9 Å². The molecule has 0 aromatic carbocycles. The number of anilines is 1. The molecule has 0 aliphatic carbocycles. The van der Waals surface area contributed by atoms with Crippen LogP contribution in [0, 0.1) is 0 Å². The summed E-state index contributed by atoms with van der Waals surface area (Å²) in [7, 11) is 1.30. The van der Waals surface area contributed by atoms with Crippen LogP contribution in [0.15, 0.2) is 41.1 Å². The molecule has 8 heteroatoms. The lowest BCUT2D eigenvalue weighted by Crippen LogP contribution is -2.08. The number of aromatic nitrogens is 4. The maximum atomic E-state index is 11.3. The van der Waals surface area contributed by atoms with Crippen LogP contribution < -0.4 is 5.32 Å². The summed E-state index contributed by atoms with van der Waals surface area (Å²) in [5, 5.41) is 10.8. The van der Waals surface area contributed by atoms with Gasteiger partial charge in [0.15, 0.2) is 5.69 Å². The first-order valence-corrected chi connectivity index (χ1v) is 7.24. The molecule has 0 unspecified atom stereocenters. The van der Waals surface area contributed by atoms with Gasteiger partial charge in [-0.2, -0.15) is 0 Å². The highest BCUT2D eigenvalue weighted by atomic mass is 79.9. The molecule has 3 aromatic rings. The Kier molecular flexibility index (Phi) is 4.01. The molecule has 0 bridgehead atoms. The van der Waals surface area contributed by atoms with Crippen molar-refractivity contribution in [2.24, 2.45) is 0 Å². The highest BCUT2D eigenvalue weighted by Gasteiger charge is 2.08. The molecule has 0 saturated heterocycles. The number of imidazole rings is 1. The van der Waals surface area contributed by atoms with Gasteiger partial charge < -0.3 is 14.5 Å². The molecule has 3 heterocycles. The molecule has 3 aromatic heterocycles. The van der Waals surface area contributed by atoms with Crippen LogP contribution in [0.2, 0.25) is 0 Å². The van der Waals surface area contributed by atoms with E-state index >= 15 is 0 Å². The second kappa shape index (κ2) is 6.10. The fourth-order valence-corrected chi connectivity index (χ4v) is 2.28. The van der Waals surface area contributed by atoms with E-state index in [1.165, 1.54) is 7.11 Å². The number of ether oxygens (including phenoxy) is 1. The monoisotopic (exact) mass is 361 g/mol. The summed E-state index contributed by atoms with van der Waals surface area (Å²) in [6, 6.07) is 7.10. The number of pyridine rings is 1. The fraction of sp³-hybridized carbons (Fsp3) is 0.143. The molecule has 0 atom stereocenters. The quantitative estimate of drug-likeness (QED) is 0.718. The van der Waals surface area contributed by atoms with Gasteiger partial charge in [0.1, 0.15) is 11.5 Å². The summed E-state index contributed by atoms with van der Waals surface area (Å²) < 4.78 is 7.50. The van der Waals surface area contributed by atoms with Gasteiger partial charge in [-0.3, -0.25) is 0 Å². The van der Waals surface area contributed by atoms with Crippen LogP contribution in [0.1, 0.15) is 16.2 Å². The summed E-state index contributed by atoms with van der Waals surface area (Å²) in [6.45, 7) is 0.506. The van der Waals surface area contributed by atoms with Crippen molar-refractivity contribution in [2.75, 3.05) is 12.4 Å². The standard InChI is InChI=1S/C14H12BrN5O2/c1-22-14(21)11-3-4-12(19-18-11)16-6-10-8-20-7-9(15)2-5-13(20)17-10/h2-5,7-8H,6H2,1H3,(H,16,19). The Morgan fingerprint density at radius 2 is 2.14 bits per heavy atom. The van der Waals surface area contributed by atoms with E-state index < -0.39 is 5.97 Å². The Morgan fingerprint density at radius 1 is 1.27 bits per heavy atom. The molecule has 0 saturated carbocycles. The van der Waals surface area contributed by atoms with Crippen molar-refractivity contribution in [3.05, 3.63) is 52.5 Å².